The van der Waals surface area contributed by atoms with Crippen molar-refractivity contribution in [1.82, 2.24) is 10.2 Å². The maximum atomic E-state index is 12.1. The van der Waals surface area contributed by atoms with Crippen LogP contribution >= 0.6 is 50.6 Å². The van der Waals surface area contributed by atoms with E-state index in [-0.39, 0.29) is 17.6 Å². The number of carbonyl (C=O) groups is 2. The second kappa shape index (κ2) is 9.32. The van der Waals surface area contributed by atoms with Gasteiger partial charge in [0.25, 0.3) is 5.91 Å². The minimum absolute atomic E-state index is 0.149. The highest BCUT2D eigenvalue weighted by atomic mass is 79.9. The first kappa shape index (κ1) is 19.8. The van der Waals surface area contributed by atoms with Crippen molar-refractivity contribution in [3.63, 3.8) is 0 Å². The quantitative estimate of drug-likeness (QED) is 0.383. The van der Waals surface area contributed by atoms with E-state index >= 15 is 0 Å². The first-order chi connectivity index (χ1) is 13.0. The van der Waals surface area contributed by atoms with Crippen molar-refractivity contribution in [2.75, 3.05) is 16.4 Å². The van der Waals surface area contributed by atoms with Gasteiger partial charge >= 0.3 is 0 Å². The van der Waals surface area contributed by atoms with Gasteiger partial charge < -0.3 is 5.32 Å². The second-order valence-corrected chi connectivity index (χ2v) is 8.73. The largest absolute Gasteiger partial charge is 0.325 e. The molecule has 27 heavy (non-hydrogen) atoms. The lowest BCUT2D eigenvalue weighted by atomic mass is 10.2. The second-order valence-electron chi connectivity index (χ2n) is 5.18. The highest BCUT2D eigenvalue weighted by Gasteiger charge is 2.12. The van der Waals surface area contributed by atoms with Crippen molar-refractivity contribution in [2.24, 2.45) is 0 Å². The van der Waals surface area contributed by atoms with E-state index in [0.29, 0.717) is 20.1 Å². The summed E-state index contributed by atoms with van der Waals surface area (Å²) in [4.78, 5) is 24.1. The summed E-state index contributed by atoms with van der Waals surface area (Å²) < 4.78 is 1.53. The highest BCUT2D eigenvalue weighted by Crippen LogP contribution is 2.26. The number of carbonyl (C=O) groups excluding carboxylic acids is 2. The summed E-state index contributed by atoms with van der Waals surface area (Å²) in [6.07, 6.45) is 0. The van der Waals surface area contributed by atoms with E-state index in [1.165, 1.54) is 23.1 Å². The molecule has 1 heterocycles. The molecule has 138 valence electrons. The molecule has 2 N–H and O–H groups in total. The Labute approximate surface area is 176 Å². The number of anilines is 2. The average molecular weight is 484 g/mol. The van der Waals surface area contributed by atoms with E-state index in [0.717, 1.165) is 10.2 Å². The van der Waals surface area contributed by atoms with Crippen LogP contribution in [0.5, 0.6) is 0 Å². The molecule has 0 aliphatic heterocycles. The molecule has 0 aliphatic rings. The summed E-state index contributed by atoms with van der Waals surface area (Å²) in [6, 6.07) is 13.8. The maximum absolute atomic E-state index is 12.1. The van der Waals surface area contributed by atoms with Crippen LogP contribution in [0.3, 0.4) is 0 Å². The molecule has 0 unspecified atom stereocenters. The SMILES string of the molecule is O=C(CSc1nnc(NC(=O)c2ccc(Cl)cc2)s1)Nc1ccc(Br)cc1. The molecule has 10 heteroatoms. The molecule has 0 atom stereocenters. The maximum Gasteiger partial charge on any atom is 0.257 e. The van der Waals surface area contributed by atoms with Crippen LogP contribution in [0.4, 0.5) is 10.8 Å². The van der Waals surface area contributed by atoms with E-state index in [1.807, 2.05) is 24.3 Å². The normalized spacial score (nSPS) is 10.4. The fraction of sp³-hybridized carbons (Fsp3) is 0.0588. The number of aromatic nitrogens is 2. The zero-order valence-corrected chi connectivity index (χ0v) is 17.6. The first-order valence-corrected chi connectivity index (χ1v) is 10.6. The zero-order valence-electron chi connectivity index (χ0n) is 13.6. The number of nitrogens with one attached hydrogen (secondary N) is 2. The van der Waals surface area contributed by atoms with Gasteiger partial charge in [0.2, 0.25) is 11.0 Å². The third kappa shape index (κ3) is 6.03. The zero-order chi connectivity index (χ0) is 19.2. The number of thioether (sulfide) groups is 1. The van der Waals surface area contributed by atoms with Gasteiger partial charge in [0.1, 0.15) is 0 Å². The molecular weight excluding hydrogens is 472 g/mol. The minimum atomic E-state index is -0.299. The molecule has 0 radical (unpaired) electrons. The minimum Gasteiger partial charge on any atom is -0.325 e. The number of hydrogen-bond acceptors (Lipinski definition) is 6. The van der Waals surface area contributed by atoms with Crippen LogP contribution in [0.2, 0.25) is 5.02 Å². The van der Waals surface area contributed by atoms with Gasteiger partial charge in [-0.3, -0.25) is 14.9 Å². The average Bonchev–Trinajstić information content (AvgIpc) is 3.10. The van der Waals surface area contributed by atoms with Crippen LogP contribution in [0, 0.1) is 0 Å². The molecule has 6 nitrogen and oxygen atoms in total. The Balaban J connectivity index is 1.50. The number of halogens is 2. The van der Waals surface area contributed by atoms with Crippen molar-refractivity contribution in [1.29, 1.82) is 0 Å². The van der Waals surface area contributed by atoms with Crippen LogP contribution in [-0.2, 0) is 4.79 Å². The smallest absolute Gasteiger partial charge is 0.257 e. The Hall–Kier alpha value is -1.94. The molecule has 0 saturated carbocycles. The van der Waals surface area contributed by atoms with E-state index in [4.69, 9.17) is 11.6 Å². The van der Waals surface area contributed by atoms with Crippen LogP contribution in [0.1, 0.15) is 10.4 Å². The molecule has 1 aromatic heterocycles. The summed E-state index contributed by atoms with van der Waals surface area (Å²) in [5, 5.41) is 14.3. The third-order valence-electron chi connectivity index (χ3n) is 3.19. The van der Waals surface area contributed by atoms with E-state index in [9.17, 15) is 9.59 Å². The van der Waals surface area contributed by atoms with Crippen LogP contribution in [0.15, 0.2) is 57.3 Å². The van der Waals surface area contributed by atoms with E-state index in [1.54, 1.807) is 24.3 Å². The van der Waals surface area contributed by atoms with Gasteiger partial charge in [-0.05, 0) is 48.5 Å². The Morgan fingerprint density at radius 2 is 1.74 bits per heavy atom. The van der Waals surface area contributed by atoms with Crippen LogP contribution in [-0.4, -0.2) is 27.8 Å². The van der Waals surface area contributed by atoms with Crippen molar-refractivity contribution in [3.8, 4) is 0 Å². The molecule has 0 saturated heterocycles. The van der Waals surface area contributed by atoms with Crippen molar-refractivity contribution < 1.29 is 9.59 Å². The Bertz CT molecular complexity index is 948. The van der Waals surface area contributed by atoms with E-state index < -0.39 is 0 Å². The summed E-state index contributed by atoms with van der Waals surface area (Å²) in [5.41, 5.74) is 1.19. The van der Waals surface area contributed by atoms with Crippen molar-refractivity contribution >= 4 is 73.3 Å². The molecule has 2 aromatic carbocycles. The van der Waals surface area contributed by atoms with Crippen molar-refractivity contribution in [2.45, 2.75) is 4.34 Å². The van der Waals surface area contributed by atoms with Crippen molar-refractivity contribution in [3.05, 3.63) is 63.6 Å². The molecular formula is C17H12BrClN4O2S2. The molecule has 0 spiro atoms. The topological polar surface area (TPSA) is 84.0 Å². The van der Waals surface area contributed by atoms with Crippen LogP contribution < -0.4 is 10.6 Å². The lowest BCUT2D eigenvalue weighted by Crippen LogP contribution is -2.13. The van der Waals surface area contributed by atoms with Gasteiger partial charge in [-0.2, -0.15) is 0 Å². The highest BCUT2D eigenvalue weighted by molar-refractivity contribution is 9.10. The van der Waals surface area contributed by atoms with Gasteiger partial charge in [-0.25, -0.2) is 0 Å². The molecule has 0 bridgehead atoms. The predicted octanol–water partition coefficient (Wildman–Crippen LogP) is 4.94. The van der Waals surface area contributed by atoms with Crippen LogP contribution in [0.25, 0.3) is 0 Å². The molecule has 2 amide bonds. The summed E-state index contributed by atoms with van der Waals surface area (Å²) in [6.45, 7) is 0. The molecule has 3 aromatic rings. The van der Waals surface area contributed by atoms with Gasteiger partial charge in [0.05, 0.1) is 5.75 Å². The van der Waals surface area contributed by atoms with Gasteiger partial charge in [-0.1, -0.05) is 50.6 Å². The Kier molecular flexibility index (Phi) is 6.84. The lowest BCUT2D eigenvalue weighted by molar-refractivity contribution is -0.113. The fourth-order valence-electron chi connectivity index (χ4n) is 1.95. The lowest BCUT2D eigenvalue weighted by Gasteiger charge is -2.03. The molecule has 0 fully saturated rings. The number of nitrogens with zero attached hydrogens (tertiary/aromatic N) is 2. The predicted molar refractivity (Wildman–Crippen MR) is 113 cm³/mol. The van der Waals surface area contributed by atoms with Gasteiger partial charge in [0.15, 0.2) is 4.34 Å². The van der Waals surface area contributed by atoms with Gasteiger partial charge in [0, 0.05) is 20.7 Å². The van der Waals surface area contributed by atoms with Gasteiger partial charge in [-0.15, -0.1) is 10.2 Å². The fourth-order valence-corrected chi connectivity index (χ4v) is 3.88. The number of amides is 2. The summed E-state index contributed by atoms with van der Waals surface area (Å²) in [7, 11) is 0. The summed E-state index contributed by atoms with van der Waals surface area (Å²) in [5.74, 6) is -0.257. The Morgan fingerprint density at radius 3 is 2.44 bits per heavy atom. The monoisotopic (exact) mass is 482 g/mol. The first-order valence-electron chi connectivity index (χ1n) is 7.58. The van der Waals surface area contributed by atoms with E-state index in [2.05, 4.69) is 36.8 Å². The Morgan fingerprint density at radius 1 is 1.04 bits per heavy atom. The third-order valence-corrected chi connectivity index (χ3v) is 5.94. The standard InChI is InChI=1S/C17H12BrClN4O2S2/c18-11-3-7-13(8-4-11)20-14(24)9-26-17-23-22-16(27-17)21-15(25)10-1-5-12(19)6-2-10/h1-8H,9H2,(H,20,24)(H,21,22,25). The number of hydrogen-bond donors (Lipinski definition) is 2. The summed E-state index contributed by atoms with van der Waals surface area (Å²) >= 11 is 11.6. The number of rotatable bonds is 6. The molecule has 0 aliphatic carbocycles. The number of benzene rings is 2. The molecule has 3 rings (SSSR count).